The number of hydrogen-bond donors (Lipinski definition) is 2. The molecular formula is C33H31Cl5FN3O6. The summed E-state index contributed by atoms with van der Waals surface area (Å²) in [6.45, 7) is 9.51. The van der Waals surface area contributed by atoms with Crippen LogP contribution in [0.3, 0.4) is 0 Å². The van der Waals surface area contributed by atoms with Gasteiger partial charge in [0.1, 0.15) is 21.4 Å². The maximum Gasteiger partial charge on any atom is 0.424 e. The predicted octanol–water partition coefficient (Wildman–Crippen LogP) is 10.2. The number of benzene rings is 3. The predicted molar refractivity (Wildman–Crippen MR) is 187 cm³/mol. The maximum absolute atomic E-state index is 15.5. The van der Waals surface area contributed by atoms with Crippen molar-refractivity contribution in [3.8, 4) is 0 Å². The molecule has 48 heavy (non-hydrogen) atoms. The fourth-order valence-electron chi connectivity index (χ4n) is 4.67. The van der Waals surface area contributed by atoms with E-state index in [1.54, 1.807) is 59.7 Å². The van der Waals surface area contributed by atoms with Crippen molar-refractivity contribution < 1.29 is 33.0 Å². The average Bonchev–Trinajstić information content (AvgIpc) is 3.50. The fraction of sp³-hybridized carbons (Fsp3) is 0.333. The normalized spacial score (nSPS) is 16.8. The van der Waals surface area contributed by atoms with Crippen molar-refractivity contribution in [3.63, 3.8) is 0 Å². The largest absolute Gasteiger partial charge is 0.443 e. The summed E-state index contributed by atoms with van der Waals surface area (Å²) in [6.07, 6.45) is -2.32. The summed E-state index contributed by atoms with van der Waals surface area (Å²) < 4.78 is 24.6. The third-order valence-corrected chi connectivity index (χ3v) is 8.36. The van der Waals surface area contributed by atoms with Gasteiger partial charge in [-0.1, -0.05) is 34.8 Å². The highest BCUT2D eigenvalue weighted by molar-refractivity contribution is 6.53. The molecule has 0 radical (unpaired) electrons. The minimum absolute atomic E-state index is 0.0323. The Labute approximate surface area is 301 Å². The molecule has 256 valence electrons. The molecule has 0 unspecified atom stereocenters. The van der Waals surface area contributed by atoms with E-state index in [4.69, 9.17) is 67.5 Å². The van der Waals surface area contributed by atoms with Crippen LogP contribution in [0.1, 0.15) is 63.4 Å². The third kappa shape index (κ3) is 9.03. The van der Waals surface area contributed by atoms with E-state index in [1.807, 2.05) is 0 Å². The summed E-state index contributed by atoms with van der Waals surface area (Å²) in [5.74, 6) is -3.76. The highest BCUT2D eigenvalue weighted by Gasteiger charge is 2.67. The number of ether oxygens (including phenoxy) is 2. The zero-order valence-corrected chi connectivity index (χ0v) is 30.3. The SMILES string of the molecule is CC(C)(C)OC(=O)N(C(=O)OC(C)(C)C)c1ccc(NC(=O)c2cc(NC(=O)[C@H]3[C@H](c4cc(Cl)cc(Cl)c4)C3(Cl)Cl)ccc2Cl)cc1F. The number of nitrogens with one attached hydrogen (secondary N) is 2. The molecule has 0 aromatic heterocycles. The zero-order valence-electron chi connectivity index (χ0n) is 26.5. The first-order chi connectivity index (χ1) is 22.1. The van der Waals surface area contributed by atoms with E-state index in [-0.39, 0.29) is 22.0 Å². The molecule has 2 N–H and O–H groups in total. The van der Waals surface area contributed by atoms with Crippen molar-refractivity contribution in [2.24, 2.45) is 5.92 Å². The van der Waals surface area contributed by atoms with Crippen LogP contribution in [0.5, 0.6) is 0 Å². The molecule has 3 aromatic rings. The Balaban J connectivity index is 1.52. The van der Waals surface area contributed by atoms with Gasteiger partial charge >= 0.3 is 12.2 Å². The highest BCUT2D eigenvalue weighted by atomic mass is 35.5. The lowest BCUT2D eigenvalue weighted by atomic mass is 10.1. The minimum Gasteiger partial charge on any atom is -0.443 e. The Morgan fingerprint density at radius 2 is 1.29 bits per heavy atom. The van der Waals surface area contributed by atoms with Crippen molar-refractivity contribution in [2.45, 2.75) is 63.0 Å². The van der Waals surface area contributed by atoms with E-state index in [9.17, 15) is 19.2 Å². The molecule has 0 spiro atoms. The topological polar surface area (TPSA) is 114 Å². The van der Waals surface area contributed by atoms with Crippen LogP contribution in [0, 0.1) is 11.7 Å². The van der Waals surface area contributed by atoms with Gasteiger partial charge < -0.3 is 20.1 Å². The van der Waals surface area contributed by atoms with Crippen LogP contribution in [0.25, 0.3) is 0 Å². The molecule has 4 amide bonds. The van der Waals surface area contributed by atoms with E-state index in [1.165, 1.54) is 24.3 Å². The Bertz CT molecular complexity index is 1740. The van der Waals surface area contributed by atoms with Gasteiger partial charge in [0.2, 0.25) is 5.91 Å². The van der Waals surface area contributed by atoms with Gasteiger partial charge in [0, 0.05) is 27.3 Å². The second-order valence-corrected chi connectivity index (χ2v) is 15.7. The number of carbonyl (C=O) groups is 4. The summed E-state index contributed by atoms with van der Waals surface area (Å²) in [6, 6.07) is 12.3. The molecule has 1 aliphatic carbocycles. The van der Waals surface area contributed by atoms with Crippen molar-refractivity contribution in [1.29, 1.82) is 0 Å². The van der Waals surface area contributed by atoms with Gasteiger partial charge in [-0.15, -0.1) is 23.2 Å². The quantitative estimate of drug-likeness (QED) is 0.242. The Hall–Kier alpha value is -3.28. The first-order valence-electron chi connectivity index (χ1n) is 14.4. The average molecular weight is 762 g/mol. The number of nitrogens with zero attached hydrogens (tertiary/aromatic N) is 1. The Kier molecular flexibility index (Phi) is 10.9. The molecule has 9 nitrogen and oxygen atoms in total. The summed E-state index contributed by atoms with van der Waals surface area (Å²) in [5.41, 5.74) is -1.76. The van der Waals surface area contributed by atoms with Crippen molar-refractivity contribution >= 4 is 99.1 Å². The van der Waals surface area contributed by atoms with Crippen LogP contribution in [0.15, 0.2) is 54.6 Å². The molecule has 0 heterocycles. The molecule has 4 rings (SSSR count). The van der Waals surface area contributed by atoms with Crippen LogP contribution in [0.4, 0.5) is 31.0 Å². The molecule has 2 atom stereocenters. The number of anilines is 3. The third-order valence-electron chi connectivity index (χ3n) is 6.66. The van der Waals surface area contributed by atoms with Gasteiger partial charge in [-0.05, 0) is 102 Å². The van der Waals surface area contributed by atoms with Gasteiger partial charge in [-0.3, -0.25) is 9.59 Å². The minimum atomic E-state index is -1.43. The van der Waals surface area contributed by atoms with E-state index in [0.717, 1.165) is 12.1 Å². The van der Waals surface area contributed by atoms with Gasteiger partial charge in [-0.2, -0.15) is 4.90 Å². The van der Waals surface area contributed by atoms with E-state index < -0.39 is 62.9 Å². The molecular weight excluding hydrogens is 731 g/mol. The van der Waals surface area contributed by atoms with Crippen molar-refractivity contribution in [1.82, 2.24) is 0 Å². The summed E-state index contributed by atoms with van der Waals surface area (Å²) in [7, 11) is 0. The van der Waals surface area contributed by atoms with E-state index in [2.05, 4.69) is 10.6 Å². The number of hydrogen-bond acceptors (Lipinski definition) is 6. The first-order valence-corrected chi connectivity index (χ1v) is 16.3. The zero-order chi connectivity index (χ0) is 35.9. The number of halogens is 6. The molecule has 0 aliphatic heterocycles. The molecule has 3 aromatic carbocycles. The van der Waals surface area contributed by atoms with E-state index >= 15 is 4.39 Å². The smallest absolute Gasteiger partial charge is 0.424 e. The summed E-state index contributed by atoms with van der Waals surface area (Å²) in [5, 5.41) is 5.96. The number of imide groups is 1. The number of carbonyl (C=O) groups excluding carboxylic acids is 4. The highest BCUT2D eigenvalue weighted by Crippen LogP contribution is 2.65. The van der Waals surface area contributed by atoms with Gasteiger partial charge in [0.15, 0.2) is 0 Å². The lowest BCUT2D eigenvalue weighted by Crippen LogP contribution is -2.44. The standard InChI is InChI=1S/C33H31Cl5FN3O6/c1-31(2,3)47-29(45)42(30(46)48-32(4,5)6)24-10-8-20(15-23(24)39)40-27(43)21-14-19(7-9-22(21)36)41-28(44)26-25(33(26,37)38)16-11-17(34)13-18(35)12-16/h7-15,25-26H,1-6H3,(H,40,43)(H,41,44)/t25-,26+/m0/s1. The molecule has 0 bridgehead atoms. The van der Waals surface area contributed by atoms with Crippen LogP contribution >= 0.6 is 58.0 Å². The van der Waals surface area contributed by atoms with Crippen molar-refractivity contribution in [3.05, 3.63) is 86.6 Å². The van der Waals surface area contributed by atoms with Crippen molar-refractivity contribution in [2.75, 3.05) is 15.5 Å². The lowest BCUT2D eigenvalue weighted by Gasteiger charge is -2.28. The van der Waals surface area contributed by atoms with Crippen LogP contribution in [-0.4, -0.2) is 39.5 Å². The number of alkyl halides is 2. The Morgan fingerprint density at radius 3 is 1.81 bits per heavy atom. The monoisotopic (exact) mass is 759 g/mol. The second kappa shape index (κ2) is 13.9. The molecule has 1 fully saturated rings. The molecule has 1 saturated carbocycles. The Morgan fingerprint density at radius 1 is 0.771 bits per heavy atom. The summed E-state index contributed by atoms with van der Waals surface area (Å²) >= 11 is 31.4. The number of amides is 4. The molecule has 0 saturated heterocycles. The maximum atomic E-state index is 15.5. The summed E-state index contributed by atoms with van der Waals surface area (Å²) in [4.78, 5) is 52.7. The first kappa shape index (κ1) is 37.5. The van der Waals surface area contributed by atoms with Gasteiger partial charge in [-0.25, -0.2) is 14.0 Å². The fourth-order valence-corrected chi connectivity index (χ4v) is 6.24. The van der Waals surface area contributed by atoms with Gasteiger partial charge in [0.05, 0.1) is 22.2 Å². The van der Waals surface area contributed by atoms with Crippen LogP contribution in [0.2, 0.25) is 15.1 Å². The van der Waals surface area contributed by atoms with Gasteiger partial charge in [0.25, 0.3) is 5.91 Å². The number of rotatable bonds is 6. The lowest BCUT2D eigenvalue weighted by molar-refractivity contribution is -0.117. The molecule has 1 aliphatic rings. The van der Waals surface area contributed by atoms with E-state index in [0.29, 0.717) is 20.5 Å². The van der Waals surface area contributed by atoms with Crippen LogP contribution in [-0.2, 0) is 14.3 Å². The molecule has 15 heteroatoms. The van der Waals surface area contributed by atoms with Crippen LogP contribution < -0.4 is 15.5 Å². The second-order valence-electron chi connectivity index (χ2n) is 12.9.